The van der Waals surface area contributed by atoms with Gasteiger partial charge in [-0.15, -0.1) is 0 Å². The SMILES string of the molecule is C[C@H]1COC[C@@H](C2=CC=C(C(F)(F)F)CC2F)N1C(=O)c1ccc2nc(N)c3c(c2c1)COC3. The third-order valence-corrected chi connectivity index (χ3v) is 6.64. The first-order chi connectivity index (χ1) is 16.1. The quantitative estimate of drug-likeness (QED) is 0.655. The van der Waals surface area contributed by atoms with Crippen LogP contribution in [0.2, 0.25) is 0 Å². The molecule has 10 heteroatoms. The number of anilines is 1. The lowest BCUT2D eigenvalue weighted by molar-refractivity contribution is -0.0960. The Bertz CT molecular complexity index is 1220. The molecule has 1 unspecified atom stereocenters. The molecule has 1 saturated heterocycles. The van der Waals surface area contributed by atoms with Crippen LogP contribution in [-0.4, -0.2) is 53.4 Å². The molecule has 2 N–H and O–H groups in total. The van der Waals surface area contributed by atoms with Gasteiger partial charge in [0.1, 0.15) is 12.0 Å². The van der Waals surface area contributed by atoms with E-state index in [1.807, 2.05) is 0 Å². The number of pyridine rings is 1. The van der Waals surface area contributed by atoms with E-state index in [1.165, 1.54) is 4.90 Å². The van der Waals surface area contributed by atoms with Crippen molar-refractivity contribution in [3.8, 4) is 0 Å². The zero-order valence-electron chi connectivity index (χ0n) is 18.4. The molecule has 180 valence electrons. The van der Waals surface area contributed by atoms with Crippen molar-refractivity contribution in [2.24, 2.45) is 0 Å². The zero-order valence-corrected chi connectivity index (χ0v) is 18.4. The number of amides is 1. The van der Waals surface area contributed by atoms with E-state index in [9.17, 15) is 22.4 Å². The van der Waals surface area contributed by atoms with Crippen LogP contribution in [0.4, 0.5) is 23.4 Å². The number of hydrogen-bond donors (Lipinski definition) is 1. The van der Waals surface area contributed by atoms with E-state index in [-0.39, 0.29) is 24.7 Å². The third-order valence-electron chi connectivity index (χ3n) is 6.64. The highest BCUT2D eigenvalue weighted by molar-refractivity contribution is 5.99. The number of halogens is 4. The van der Waals surface area contributed by atoms with Crippen LogP contribution in [0.5, 0.6) is 0 Å². The molecular weight excluding hydrogens is 454 g/mol. The van der Waals surface area contributed by atoms with Gasteiger partial charge in [0.05, 0.1) is 44.0 Å². The number of ether oxygens (including phenoxy) is 2. The van der Waals surface area contributed by atoms with Crippen molar-refractivity contribution in [2.75, 3.05) is 18.9 Å². The first-order valence-corrected chi connectivity index (χ1v) is 11.0. The molecule has 1 aromatic heterocycles. The first kappa shape index (κ1) is 22.8. The predicted octanol–water partition coefficient (Wildman–Crippen LogP) is 4.23. The highest BCUT2D eigenvalue weighted by Gasteiger charge is 2.42. The average molecular weight is 477 g/mol. The van der Waals surface area contributed by atoms with Crippen LogP contribution < -0.4 is 5.73 Å². The Kier molecular flexibility index (Phi) is 5.60. The number of hydrogen-bond acceptors (Lipinski definition) is 5. The molecule has 0 bridgehead atoms. The summed E-state index contributed by atoms with van der Waals surface area (Å²) in [6.07, 6.45) is -5.20. The van der Waals surface area contributed by atoms with Crippen molar-refractivity contribution in [1.29, 1.82) is 0 Å². The molecular formula is C24H23F4N3O3. The van der Waals surface area contributed by atoms with Gasteiger partial charge in [0.15, 0.2) is 0 Å². The van der Waals surface area contributed by atoms with Crippen molar-refractivity contribution >= 4 is 22.6 Å². The fourth-order valence-electron chi connectivity index (χ4n) is 4.88. The summed E-state index contributed by atoms with van der Waals surface area (Å²) < 4.78 is 65.1. The number of aromatic nitrogens is 1. The second-order valence-electron chi connectivity index (χ2n) is 8.82. The van der Waals surface area contributed by atoms with E-state index in [0.717, 1.165) is 28.7 Å². The highest BCUT2D eigenvalue weighted by atomic mass is 19.4. The smallest absolute Gasteiger partial charge is 0.383 e. The minimum absolute atomic E-state index is 0.00638. The van der Waals surface area contributed by atoms with Crippen molar-refractivity contribution < 1.29 is 31.8 Å². The summed E-state index contributed by atoms with van der Waals surface area (Å²) in [5.74, 6) is 0.0383. The molecule has 3 aliphatic rings. The summed E-state index contributed by atoms with van der Waals surface area (Å²) in [4.78, 5) is 19.6. The normalized spacial score (nSPS) is 25.2. The molecule has 0 spiro atoms. The molecule has 0 radical (unpaired) electrons. The number of carbonyl (C=O) groups is 1. The standard InChI is InChI=1S/C24H23F4N3O3/c1-12-8-33-11-21(15-4-3-14(7-19(15)25)24(26,27)28)31(12)23(32)13-2-5-20-16(6-13)17-9-34-10-18(17)22(29)30-20/h2-6,12,19,21H,7-11H2,1H3,(H2,29,30)/t12-,19?,21-/m0/s1. The summed E-state index contributed by atoms with van der Waals surface area (Å²) >= 11 is 0. The first-order valence-electron chi connectivity index (χ1n) is 11.0. The number of benzene rings is 1. The second-order valence-corrected chi connectivity index (χ2v) is 8.82. The minimum atomic E-state index is -4.59. The van der Waals surface area contributed by atoms with Gasteiger partial charge >= 0.3 is 6.18 Å². The molecule has 1 fully saturated rings. The maximum absolute atomic E-state index is 14.9. The number of carbonyl (C=O) groups excluding carboxylic acids is 1. The van der Waals surface area contributed by atoms with Crippen LogP contribution in [0.15, 0.2) is 41.5 Å². The fourth-order valence-corrected chi connectivity index (χ4v) is 4.88. The summed E-state index contributed by atoms with van der Waals surface area (Å²) in [6.45, 7) is 2.73. The van der Waals surface area contributed by atoms with Crippen molar-refractivity contribution in [3.63, 3.8) is 0 Å². The van der Waals surface area contributed by atoms with Gasteiger partial charge in [-0.2, -0.15) is 13.2 Å². The lowest BCUT2D eigenvalue weighted by Crippen LogP contribution is -2.55. The van der Waals surface area contributed by atoms with E-state index in [4.69, 9.17) is 15.2 Å². The van der Waals surface area contributed by atoms with Crippen LogP contribution >= 0.6 is 0 Å². The number of fused-ring (bicyclic) bond motifs is 3. The summed E-state index contributed by atoms with van der Waals surface area (Å²) in [5.41, 5.74) is 7.89. The Balaban J connectivity index is 1.52. The molecule has 2 aromatic rings. The Morgan fingerprint density at radius 2 is 1.91 bits per heavy atom. The molecule has 3 atom stereocenters. The number of morpholine rings is 1. The summed E-state index contributed by atoms with van der Waals surface area (Å²) in [6, 6.07) is 3.84. The van der Waals surface area contributed by atoms with Crippen molar-refractivity contribution in [2.45, 2.75) is 51.0 Å². The van der Waals surface area contributed by atoms with Gasteiger partial charge in [0, 0.05) is 28.5 Å². The van der Waals surface area contributed by atoms with Crippen LogP contribution in [0.1, 0.15) is 34.8 Å². The largest absolute Gasteiger partial charge is 0.412 e. The minimum Gasteiger partial charge on any atom is -0.383 e. The maximum atomic E-state index is 14.9. The van der Waals surface area contributed by atoms with Gasteiger partial charge in [-0.3, -0.25) is 4.79 Å². The number of allylic oxidation sites excluding steroid dienone is 3. The highest BCUT2D eigenvalue weighted by Crippen LogP contribution is 2.37. The van der Waals surface area contributed by atoms with Crippen molar-refractivity contribution in [3.05, 3.63) is 58.2 Å². The van der Waals surface area contributed by atoms with Gasteiger partial charge < -0.3 is 20.1 Å². The Hall–Kier alpha value is -2.98. The van der Waals surface area contributed by atoms with Gasteiger partial charge in [-0.25, -0.2) is 9.37 Å². The maximum Gasteiger partial charge on any atom is 0.412 e. The monoisotopic (exact) mass is 477 g/mol. The summed E-state index contributed by atoms with van der Waals surface area (Å²) in [5, 5.41) is 0.753. The lowest BCUT2D eigenvalue weighted by Gasteiger charge is -2.43. The molecule has 5 rings (SSSR count). The molecule has 1 amide bonds. The molecule has 1 aromatic carbocycles. The zero-order chi connectivity index (χ0) is 24.2. The fraction of sp³-hybridized carbons (Fsp3) is 0.417. The Morgan fingerprint density at radius 3 is 2.65 bits per heavy atom. The second kappa shape index (κ2) is 8.35. The molecule has 3 heterocycles. The van der Waals surface area contributed by atoms with E-state index in [1.54, 1.807) is 25.1 Å². The molecule has 6 nitrogen and oxygen atoms in total. The van der Waals surface area contributed by atoms with Gasteiger partial charge in [-0.05, 0) is 36.3 Å². The van der Waals surface area contributed by atoms with Crippen LogP contribution in [0, 0.1) is 0 Å². The summed E-state index contributed by atoms with van der Waals surface area (Å²) in [7, 11) is 0. The number of alkyl halides is 4. The Morgan fingerprint density at radius 1 is 1.15 bits per heavy atom. The Labute approximate surface area is 193 Å². The van der Waals surface area contributed by atoms with E-state index < -0.39 is 36.4 Å². The topological polar surface area (TPSA) is 77.7 Å². The molecule has 1 aliphatic carbocycles. The van der Waals surface area contributed by atoms with Crippen molar-refractivity contribution in [1.82, 2.24) is 9.88 Å². The number of nitrogen functional groups attached to an aromatic ring is 1. The lowest BCUT2D eigenvalue weighted by atomic mass is 9.89. The third kappa shape index (κ3) is 3.84. The van der Waals surface area contributed by atoms with Gasteiger partial charge in [0.25, 0.3) is 5.91 Å². The van der Waals surface area contributed by atoms with Crippen LogP contribution in [0.25, 0.3) is 10.9 Å². The van der Waals surface area contributed by atoms with E-state index >= 15 is 0 Å². The van der Waals surface area contributed by atoms with Gasteiger partial charge in [0.2, 0.25) is 0 Å². The number of rotatable bonds is 2. The van der Waals surface area contributed by atoms with E-state index in [2.05, 4.69) is 4.98 Å². The van der Waals surface area contributed by atoms with Crippen LogP contribution in [0.3, 0.4) is 0 Å². The van der Waals surface area contributed by atoms with Crippen LogP contribution in [-0.2, 0) is 22.7 Å². The molecule has 2 aliphatic heterocycles. The number of nitrogens with two attached hydrogens (primary N) is 1. The van der Waals surface area contributed by atoms with Gasteiger partial charge in [-0.1, -0.05) is 12.2 Å². The molecule has 0 saturated carbocycles. The predicted molar refractivity (Wildman–Crippen MR) is 117 cm³/mol. The molecule has 34 heavy (non-hydrogen) atoms. The van der Waals surface area contributed by atoms with E-state index in [0.29, 0.717) is 30.1 Å². The average Bonchev–Trinajstić information content (AvgIpc) is 3.29. The number of nitrogens with zero attached hydrogens (tertiary/aromatic N) is 2.